The smallest absolute Gasteiger partial charge is 0.177 e. The highest BCUT2D eigenvalue weighted by atomic mass is 32.2. The topological polar surface area (TPSA) is 17.1 Å². The third kappa shape index (κ3) is 2.80. The van der Waals surface area contributed by atoms with Crippen LogP contribution >= 0.6 is 23.5 Å². The monoisotopic (exact) mass is 306 g/mol. The zero-order chi connectivity index (χ0) is 13.9. The molecule has 1 nitrogen and oxygen atoms in total. The van der Waals surface area contributed by atoms with E-state index in [-0.39, 0.29) is 5.25 Å². The highest BCUT2D eigenvalue weighted by molar-refractivity contribution is 8.07. The Labute approximate surface area is 130 Å². The number of carbonyl (C=O) groups is 1. The summed E-state index contributed by atoms with van der Waals surface area (Å²) in [6.45, 7) is 2.21. The molecule has 0 aromatic heterocycles. The van der Waals surface area contributed by atoms with Crippen LogP contribution < -0.4 is 0 Å². The average molecular weight is 306 g/mol. The molecule has 0 N–H and O–H groups in total. The maximum Gasteiger partial charge on any atom is 0.177 e. The molecule has 0 bridgehead atoms. The number of thioether (sulfide) groups is 2. The number of carbonyl (C=O) groups excluding carboxylic acids is 1. The molecular weight excluding hydrogens is 284 g/mol. The van der Waals surface area contributed by atoms with Gasteiger partial charge in [0.25, 0.3) is 0 Å². The summed E-state index contributed by atoms with van der Waals surface area (Å²) in [5, 5.41) is 0.663. The summed E-state index contributed by atoms with van der Waals surface area (Å²) < 4.78 is 0. The van der Waals surface area contributed by atoms with Crippen molar-refractivity contribution >= 4 is 29.3 Å². The largest absolute Gasteiger partial charge is 0.293 e. The summed E-state index contributed by atoms with van der Waals surface area (Å²) in [4.78, 5) is 13.0. The Morgan fingerprint density at radius 1 is 1.20 bits per heavy atom. The maximum atomic E-state index is 13.0. The van der Waals surface area contributed by atoms with E-state index in [9.17, 15) is 4.79 Å². The van der Waals surface area contributed by atoms with E-state index < -0.39 is 0 Å². The fourth-order valence-corrected chi connectivity index (χ4v) is 6.11. The van der Waals surface area contributed by atoms with E-state index in [0.717, 1.165) is 17.7 Å². The van der Waals surface area contributed by atoms with Crippen LogP contribution in [0.5, 0.6) is 0 Å². The zero-order valence-electron chi connectivity index (χ0n) is 12.0. The number of benzene rings is 1. The Hall–Kier alpha value is -0.410. The summed E-state index contributed by atoms with van der Waals surface area (Å²) >= 11 is 3.86. The minimum atomic E-state index is 0.167. The number of ketones is 1. The van der Waals surface area contributed by atoms with Crippen molar-refractivity contribution in [2.24, 2.45) is 0 Å². The van der Waals surface area contributed by atoms with Gasteiger partial charge in [-0.15, -0.1) is 11.8 Å². The van der Waals surface area contributed by atoms with E-state index in [4.69, 9.17) is 0 Å². The van der Waals surface area contributed by atoms with Crippen molar-refractivity contribution in [2.75, 3.05) is 11.5 Å². The minimum absolute atomic E-state index is 0.167. The van der Waals surface area contributed by atoms with Gasteiger partial charge < -0.3 is 0 Å². The Morgan fingerprint density at radius 3 is 2.65 bits per heavy atom. The van der Waals surface area contributed by atoms with E-state index in [1.165, 1.54) is 30.6 Å². The van der Waals surface area contributed by atoms with Gasteiger partial charge in [0.15, 0.2) is 5.78 Å². The van der Waals surface area contributed by atoms with Gasteiger partial charge in [0.05, 0.1) is 5.25 Å². The zero-order valence-corrected chi connectivity index (χ0v) is 13.6. The molecular formula is C17H22OS2. The van der Waals surface area contributed by atoms with Gasteiger partial charge in [-0.1, -0.05) is 37.6 Å². The van der Waals surface area contributed by atoms with Gasteiger partial charge in [-0.3, -0.25) is 4.79 Å². The summed E-state index contributed by atoms with van der Waals surface area (Å²) in [7, 11) is 0. The van der Waals surface area contributed by atoms with Crippen LogP contribution in [0, 0.1) is 0 Å². The van der Waals surface area contributed by atoms with Crippen LogP contribution in [0.4, 0.5) is 0 Å². The van der Waals surface area contributed by atoms with Crippen LogP contribution in [0.15, 0.2) is 24.3 Å². The molecule has 1 aromatic carbocycles. The second kappa shape index (κ2) is 6.57. The van der Waals surface area contributed by atoms with Crippen LogP contribution in [-0.4, -0.2) is 27.8 Å². The molecule has 0 radical (unpaired) electrons. The molecule has 0 spiro atoms. The van der Waals surface area contributed by atoms with Gasteiger partial charge in [0.2, 0.25) is 0 Å². The Bertz CT molecular complexity index is 482. The van der Waals surface area contributed by atoms with E-state index >= 15 is 0 Å². The first-order valence-electron chi connectivity index (χ1n) is 7.67. The molecule has 3 rings (SSSR count). The van der Waals surface area contributed by atoms with Crippen LogP contribution in [-0.2, 0) is 0 Å². The fourth-order valence-electron chi connectivity index (χ4n) is 3.10. The predicted molar refractivity (Wildman–Crippen MR) is 90.1 cm³/mol. The molecule has 1 aliphatic heterocycles. The lowest BCUT2D eigenvalue weighted by atomic mass is 9.77. The molecule has 3 heteroatoms. The number of Topliss-reactive ketones (excluding diaryl/α,β-unsaturated/α-hetero) is 1. The lowest BCUT2D eigenvalue weighted by molar-refractivity contribution is 0.0986. The van der Waals surface area contributed by atoms with E-state index in [1.54, 1.807) is 0 Å². The molecule has 1 aliphatic carbocycles. The van der Waals surface area contributed by atoms with Crippen molar-refractivity contribution in [3.05, 3.63) is 35.4 Å². The van der Waals surface area contributed by atoms with Crippen LogP contribution in [0.2, 0.25) is 0 Å². The molecule has 2 atom stereocenters. The quantitative estimate of drug-likeness (QED) is 0.746. The van der Waals surface area contributed by atoms with E-state index in [2.05, 4.69) is 25.1 Å². The highest BCUT2D eigenvalue weighted by Crippen LogP contribution is 2.40. The van der Waals surface area contributed by atoms with E-state index in [0.29, 0.717) is 17.0 Å². The Balaban J connectivity index is 1.85. The van der Waals surface area contributed by atoms with Crippen LogP contribution in [0.3, 0.4) is 0 Å². The highest BCUT2D eigenvalue weighted by Gasteiger charge is 2.34. The van der Waals surface area contributed by atoms with Gasteiger partial charge >= 0.3 is 0 Å². The molecule has 1 saturated heterocycles. The van der Waals surface area contributed by atoms with Crippen LogP contribution in [0.1, 0.15) is 54.4 Å². The van der Waals surface area contributed by atoms with Gasteiger partial charge in [-0.25, -0.2) is 0 Å². The second-order valence-corrected chi connectivity index (χ2v) is 8.28. The molecule has 20 heavy (non-hydrogen) atoms. The third-order valence-electron chi connectivity index (χ3n) is 4.48. The van der Waals surface area contributed by atoms with E-state index in [1.807, 2.05) is 29.6 Å². The summed E-state index contributed by atoms with van der Waals surface area (Å²) in [6, 6.07) is 8.35. The number of hydrogen-bond donors (Lipinski definition) is 0. The Morgan fingerprint density at radius 2 is 1.95 bits per heavy atom. The van der Waals surface area contributed by atoms with Gasteiger partial charge in [-0.05, 0) is 30.7 Å². The molecule has 108 valence electrons. The second-order valence-electron chi connectivity index (χ2n) is 5.69. The fraction of sp³-hybridized carbons (Fsp3) is 0.588. The normalized spacial score (nSPS) is 27.1. The predicted octanol–water partition coefficient (Wildman–Crippen LogP) is 4.76. The molecule has 2 aliphatic rings. The molecule has 0 amide bonds. The van der Waals surface area contributed by atoms with Gasteiger partial charge in [-0.2, -0.15) is 11.8 Å². The summed E-state index contributed by atoms with van der Waals surface area (Å²) in [5.74, 6) is 3.33. The molecule has 2 fully saturated rings. The van der Waals surface area contributed by atoms with Crippen molar-refractivity contribution in [3.63, 3.8) is 0 Å². The maximum absolute atomic E-state index is 13.0. The first-order chi connectivity index (χ1) is 9.81. The molecule has 1 aromatic rings. The van der Waals surface area contributed by atoms with Crippen molar-refractivity contribution in [1.82, 2.24) is 0 Å². The van der Waals surface area contributed by atoms with Crippen molar-refractivity contribution in [1.29, 1.82) is 0 Å². The summed E-state index contributed by atoms with van der Waals surface area (Å²) in [5.41, 5.74) is 2.32. The lowest BCUT2D eigenvalue weighted by Gasteiger charge is -2.31. The average Bonchev–Trinajstić information content (AvgIpc) is 2.45. The van der Waals surface area contributed by atoms with Gasteiger partial charge in [0.1, 0.15) is 0 Å². The Kier molecular flexibility index (Phi) is 4.77. The van der Waals surface area contributed by atoms with Crippen molar-refractivity contribution < 1.29 is 4.79 Å². The first-order valence-corrected chi connectivity index (χ1v) is 9.77. The SMILES string of the molecule is CCC1SCCSC1C(=O)c1ccccc1C1CCC1. The molecule has 2 unspecified atom stereocenters. The molecule has 1 heterocycles. The standard InChI is InChI=1S/C17H22OS2/c1-2-15-17(20-11-10-19-15)16(18)14-9-4-3-8-13(14)12-6-5-7-12/h3-4,8-9,12,15,17H,2,5-7,10-11H2,1H3. The third-order valence-corrected chi connectivity index (χ3v) is 7.73. The van der Waals surface area contributed by atoms with Crippen molar-refractivity contribution in [2.45, 2.75) is 49.0 Å². The van der Waals surface area contributed by atoms with Crippen LogP contribution in [0.25, 0.3) is 0 Å². The number of hydrogen-bond acceptors (Lipinski definition) is 3. The number of rotatable bonds is 4. The lowest BCUT2D eigenvalue weighted by Crippen LogP contribution is -2.33. The molecule has 1 saturated carbocycles. The van der Waals surface area contributed by atoms with Gasteiger partial charge in [0, 0.05) is 22.3 Å². The van der Waals surface area contributed by atoms with Crippen molar-refractivity contribution in [3.8, 4) is 0 Å². The minimum Gasteiger partial charge on any atom is -0.293 e. The summed E-state index contributed by atoms with van der Waals surface area (Å²) in [6.07, 6.45) is 4.93. The first kappa shape index (κ1) is 14.5.